The number of pyridine rings is 1. The van der Waals surface area contributed by atoms with Gasteiger partial charge in [0.05, 0.1) is 0 Å². The van der Waals surface area contributed by atoms with Crippen LogP contribution in [0.3, 0.4) is 0 Å². The molecular formula is C17H22N2O. The summed E-state index contributed by atoms with van der Waals surface area (Å²) >= 11 is 0. The number of benzene rings is 1. The number of fused-ring (bicyclic) bond motifs is 1. The summed E-state index contributed by atoms with van der Waals surface area (Å²) in [5.41, 5.74) is 0.431. The summed E-state index contributed by atoms with van der Waals surface area (Å²) in [7, 11) is 0. The van der Waals surface area contributed by atoms with Gasteiger partial charge in [-0.25, -0.2) is 4.98 Å². The van der Waals surface area contributed by atoms with Crippen LogP contribution in [0.25, 0.3) is 10.8 Å². The molecule has 0 unspecified atom stereocenters. The quantitative estimate of drug-likeness (QED) is 0.869. The minimum atomic E-state index is 0.291. The average molecular weight is 270 g/mol. The Balaban J connectivity index is 1.85. The molecule has 1 aliphatic rings. The molecule has 0 atom stereocenters. The van der Waals surface area contributed by atoms with Gasteiger partial charge >= 0.3 is 0 Å². The molecule has 0 spiro atoms. The Kier molecular flexibility index (Phi) is 3.51. The maximum Gasteiger partial charge on any atom is 0.133 e. The van der Waals surface area contributed by atoms with Crippen LogP contribution in [0.1, 0.15) is 39.0 Å². The minimum Gasteiger partial charge on any atom is -0.508 e. The number of nitrogens with zero attached hydrogens (tertiary/aromatic N) is 1. The van der Waals surface area contributed by atoms with E-state index in [2.05, 4.69) is 17.2 Å². The summed E-state index contributed by atoms with van der Waals surface area (Å²) in [6, 6.07) is 7.42. The fourth-order valence-corrected chi connectivity index (χ4v) is 3.35. The number of nitrogens with one attached hydrogen (secondary N) is 1. The number of hydrogen-bond donors (Lipinski definition) is 2. The first-order valence-electron chi connectivity index (χ1n) is 7.54. The monoisotopic (exact) mass is 270 g/mol. The van der Waals surface area contributed by atoms with E-state index in [1.807, 2.05) is 18.3 Å². The first kappa shape index (κ1) is 13.2. The average Bonchev–Trinajstić information content (AvgIpc) is 2.94. The molecular weight excluding hydrogens is 248 g/mol. The molecule has 0 saturated heterocycles. The largest absolute Gasteiger partial charge is 0.508 e. The second-order valence-electron chi connectivity index (χ2n) is 5.98. The van der Waals surface area contributed by atoms with E-state index in [9.17, 15) is 5.11 Å². The van der Waals surface area contributed by atoms with Crippen LogP contribution in [-0.2, 0) is 0 Å². The van der Waals surface area contributed by atoms with Gasteiger partial charge in [-0.3, -0.25) is 0 Å². The van der Waals surface area contributed by atoms with Crippen LogP contribution >= 0.6 is 0 Å². The first-order valence-corrected chi connectivity index (χ1v) is 7.54. The zero-order valence-electron chi connectivity index (χ0n) is 12.0. The van der Waals surface area contributed by atoms with Crippen molar-refractivity contribution in [3.05, 3.63) is 30.5 Å². The number of phenols is 1. The maximum absolute atomic E-state index is 9.68. The van der Waals surface area contributed by atoms with E-state index in [-0.39, 0.29) is 0 Å². The smallest absolute Gasteiger partial charge is 0.133 e. The van der Waals surface area contributed by atoms with E-state index in [0.29, 0.717) is 11.2 Å². The Morgan fingerprint density at radius 2 is 2.05 bits per heavy atom. The lowest BCUT2D eigenvalue weighted by Crippen LogP contribution is -2.26. The van der Waals surface area contributed by atoms with Gasteiger partial charge in [0.15, 0.2) is 0 Å². The first-order chi connectivity index (χ1) is 9.72. The molecule has 0 bridgehead atoms. The third-order valence-corrected chi connectivity index (χ3v) is 4.79. The molecule has 3 rings (SSSR count). The van der Waals surface area contributed by atoms with Gasteiger partial charge in [0.1, 0.15) is 11.6 Å². The summed E-state index contributed by atoms with van der Waals surface area (Å²) in [5, 5.41) is 15.3. The Labute approximate surface area is 120 Å². The lowest BCUT2D eigenvalue weighted by molar-refractivity contribution is 0.306. The van der Waals surface area contributed by atoms with Gasteiger partial charge in [-0.1, -0.05) is 25.8 Å². The highest BCUT2D eigenvalue weighted by Crippen LogP contribution is 2.41. The molecule has 1 heterocycles. The zero-order chi connectivity index (χ0) is 14.0. The molecule has 1 aromatic carbocycles. The van der Waals surface area contributed by atoms with Crippen molar-refractivity contribution in [2.75, 3.05) is 11.9 Å². The molecule has 1 aromatic heterocycles. The van der Waals surface area contributed by atoms with Crippen molar-refractivity contribution in [1.82, 2.24) is 4.98 Å². The molecule has 2 aromatic rings. The highest BCUT2D eigenvalue weighted by Gasteiger charge is 2.31. The summed E-state index contributed by atoms with van der Waals surface area (Å²) < 4.78 is 0. The number of hydrogen-bond acceptors (Lipinski definition) is 3. The minimum absolute atomic E-state index is 0.291. The highest BCUT2D eigenvalue weighted by molar-refractivity contribution is 5.92. The maximum atomic E-state index is 9.68. The van der Waals surface area contributed by atoms with Crippen LogP contribution < -0.4 is 5.32 Å². The van der Waals surface area contributed by atoms with Crippen LogP contribution in [0.2, 0.25) is 0 Å². The van der Waals surface area contributed by atoms with Gasteiger partial charge in [-0.05, 0) is 48.3 Å². The molecule has 3 heteroatoms. The Bertz CT molecular complexity index is 603. The van der Waals surface area contributed by atoms with Crippen molar-refractivity contribution in [3.8, 4) is 5.75 Å². The zero-order valence-corrected chi connectivity index (χ0v) is 12.0. The molecule has 20 heavy (non-hydrogen) atoms. The fraction of sp³-hybridized carbons (Fsp3) is 0.471. The van der Waals surface area contributed by atoms with Crippen molar-refractivity contribution < 1.29 is 5.11 Å². The predicted octanol–water partition coefficient (Wildman–Crippen LogP) is 4.32. The Morgan fingerprint density at radius 3 is 2.80 bits per heavy atom. The molecule has 0 amide bonds. The van der Waals surface area contributed by atoms with Crippen molar-refractivity contribution in [2.24, 2.45) is 5.41 Å². The molecule has 0 aliphatic heterocycles. The second-order valence-corrected chi connectivity index (χ2v) is 5.98. The van der Waals surface area contributed by atoms with Gasteiger partial charge in [-0.15, -0.1) is 0 Å². The number of aromatic nitrogens is 1. The predicted molar refractivity (Wildman–Crippen MR) is 83.1 cm³/mol. The molecule has 106 valence electrons. The van der Waals surface area contributed by atoms with E-state index in [1.54, 1.807) is 12.1 Å². The SMILES string of the molecule is CCC1(CNc2nccc3ccc(O)cc23)CCCC1. The summed E-state index contributed by atoms with van der Waals surface area (Å²) in [6.45, 7) is 3.26. The molecule has 1 saturated carbocycles. The number of phenolic OH excluding ortho intramolecular Hbond substituents is 1. The summed E-state index contributed by atoms with van der Waals surface area (Å²) in [4.78, 5) is 4.45. The van der Waals surface area contributed by atoms with Crippen molar-refractivity contribution >= 4 is 16.6 Å². The van der Waals surface area contributed by atoms with Crippen molar-refractivity contribution in [3.63, 3.8) is 0 Å². The third kappa shape index (κ3) is 2.45. The number of rotatable bonds is 4. The van der Waals surface area contributed by atoms with Crippen LogP contribution in [0.4, 0.5) is 5.82 Å². The van der Waals surface area contributed by atoms with E-state index in [1.165, 1.54) is 32.1 Å². The number of anilines is 1. The van der Waals surface area contributed by atoms with E-state index in [4.69, 9.17) is 0 Å². The topological polar surface area (TPSA) is 45.2 Å². The molecule has 2 N–H and O–H groups in total. The van der Waals surface area contributed by atoms with E-state index < -0.39 is 0 Å². The van der Waals surface area contributed by atoms with Gasteiger partial charge in [0.25, 0.3) is 0 Å². The van der Waals surface area contributed by atoms with E-state index >= 15 is 0 Å². The van der Waals surface area contributed by atoms with Gasteiger partial charge in [0, 0.05) is 18.1 Å². The van der Waals surface area contributed by atoms with Crippen LogP contribution in [0, 0.1) is 5.41 Å². The van der Waals surface area contributed by atoms with Crippen molar-refractivity contribution in [2.45, 2.75) is 39.0 Å². The Morgan fingerprint density at radius 1 is 1.25 bits per heavy atom. The summed E-state index contributed by atoms with van der Waals surface area (Å²) in [6.07, 6.45) is 8.36. The molecule has 3 nitrogen and oxygen atoms in total. The van der Waals surface area contributed by atoms with Crippen LogP contribution in [-0.4, -0.2) is 16.6 Å². The standard InChI is InChI=1S/C17H22N2O/c1-2-17(8-3-4-9-17)12-19-16-15-11-14(20)6-5-13(15)7-10-18-16/h5-7,10-11,20H,2-4,8-9,12H2,1H3,(H,18,19). The Hall–Kier alpha value is -1.77. The molecule has 0 radical (unpaired) electrons. The normalized spacial score (nSPS) is 17.4. The molecule has 1 fully saturated rings. The van der Waals surface area contributed by atoms with Crippen LogP contribution in [0.15, 0.2) is 30.5 Å². The second kappa shape index (κ2) is 5.31. The van der Waals surface area contributed by atoms with Gasteiger partial charge < -0.3 is 10.4 Å². The number of aromatic hydroxyl groups is 1. The highest BCUT2D eigenvalue weighted by atomic mass is 16.3. The lowest BCUT2D eigenvalue weighted by Gasteiger charge is -2.28. The van der Waals surface area contributed by atoms with Gasteiger partial charge in [-0.2, -0.15) is 0 Å². The third-order valence-electron chi connectivity index (χ3n) is 4.79. The molecule has 1 aliphatic carbocycles. The van der Waals surface area contributed by atoms with Gasteiger partial charge in [0.2, 0.25) is 0 Å². The summed E-state index contributed by atoms with van der Waals surface area (Å²) in [5.74, 6) is 1.18. The van der Waals surface area contributed by atoms with E-state index in [0.717, 1.165) is 23.1 Å². The van der Waals surface area contributed by atoms with Crippen molar-refractivity contribution in [1.29, 1.82) is 0 Å². The fourth-order valence-electron chi connectivity index (χ4n) is 3.35. The lowest BCUT2D eigenvalue weighted by atomic mass is 9.83. The van der Waals surface area contributed by atoms with Crippen LogP contribution in [0.5, 0.6) is 5.75 Å².